The Bertz CT molecular complexity index is 636. The molecule has 2 aromatic rings. The Kier molecular flexibility index (Phi) is 3.45. The van der Waals surface area contributed by atoms with E-state index < -0.39 is 0 Å². The van der Waals surface area contributed by atoms with Gasteiger partial charge in [0.1, 0.15) is 10.6 Å². The van der Waals surface area contributed by atoms with Gasteiger partial charge in [-0.1, -0.05) is 12.8 Å². The molecule has 2 atom stereocenters. The van der Waals surface area contributed by atoms with Crippen LogP contribution in [0.25, 0.3) is 10.2 Å². The van der Waals surface area contributed by atoms with Crippen molar-refractivity contribution in [3.05, 3.63) is 11.4 Å². The van der Waals surface area contributed by atoms with Crippen LogP contribution in [0.15, 0.2) is 11.4 Å². The first-order valence-corrected chi connectivity index (χ1v) is 8.94. The van der Waals surface area contributed by atoms with Crippen molar-refractivity contribution in [1.29, 1.82) is 0 Å². The minimum atomic E-state index is 0.690. The van der Waals surface area contributed by atoms with Crippen LogP contribution >= 0.6 is 11.3 Å². The predicted octanol–water partition coefficient (Wildman–Crippen LogP) is 3.89. The van der Waals surface area contributed by atoms with Crippen LogP contribution in [0.5, 0.6) is 0 Å². The summed E-state index contributed by atoms with van der Waals surface area (Å²) in [5, 5.41) is 6.47. The number of thiophene rings is 1. The van der Waals surface area contributed by atoms with Gasteiger partial charge in [-0.2, -0.15) is 4.98 Å². The van der Waals surface area contributed by atoms with Crippen molar-refractivity contribution in [3.8, 4) is 0 Å². The van der Waals surface area contributed by atoms with Crippen LogP contribution in [0, 0.1) is 5.92 Å². The number of piperidine rings is 1. The van der Waals surface area contributed by atoms with Crippen molar-refractivity contribution in [2.75, 3.05) is 23.8 Å². The fraction of sp³-hybridized carbons (Fsp3) is 0.625. The second-order valence-electron chi connectivity index (χ2n) is 6.21. The number of fused-ring (bicyclic) bond motifs is 2. The highest BCUT2D eigenvalue weighted by atomic mass is 32.1. The summed E-state index contributed by atoms with van der Waals surface area (Å²) in [6.07, 6.45) is 8.21. The fourth-order valence-corrected chi connectivity index (χ4v) is 4.82. The van der Waals surface area contributed by atoms with E-state index in [1.807, 2.05) is 7.05 Å². The Morgan fingerprint density at radius 1 is 1.19 bits per heavy atom. The van der Waals surface area contributed by atoms with Crippen molar-refractivity contribution in [2.24, 2.45) is 5.92 Å². The summed E-state index contributed by atoms with van der Waals surface area (Å²) >= 11 is 1.71. The van der Waals surface area contributed by atoms with E-state index in [4.69, 9.17) is 4.98 Å². The summed E-state index contributed by atoms with van der Waals surface area (Å²) in [6, 6.07) is 2.87. The van der Waals surface area contributed by atoms with Crippen molar-refractivity contribution < 1.29 is 0 Å². The minimum absolute atomic E-state index is 0.690. The van der Waals surface area contributed by atoms with Crippen LogP contribution in [-0.4, -0.2) is 29.6 Å². The van der Waals surface area contributed by atoms with Gasteiger partial charge in [0.15, 0.2) is 0 Å². The molecule has 1 aliphatic carbocycles. The van der Waals surface area contributed by atoms with Gasteiger partial charge in [-0.15, -0.1) is 11.3 Å². The molecule has 0 unspecified atom stereocenters. The van der Waals surface area contributed by atoms with Crippen molar-refractivity contribution in [1.82, 2.24) is 9.97 Å². The summed E-state index contributed by atoms with van der Waals surface area (Å²) in [7, 11) is 1.90. The minimum Gasteiger partial charge on any atom is -0.357 e. The van der Waals surface area contributed by atoms with Gasteiger partial charge < -0.3 is 10.2 Å². The monoisotopic (exact) mass is 302 g/mol. The lowest BCUT2D eigenvalue weighted by molar-refractivity contribution is 0.243. The first-order chi connectivity index (χ1) is 10.4. The number of hydrogen-bond acceptors (Lipinski definition) is 5. The number of nitrogens with zero attached hydrogens (tertiary/aromatic N) is 3. The molecule has 4 nitrogen and oxygen atoms in total. The number of nitrogens with one attached hydrogen (secondary N) is 1. The maximum Gasteiger partial charge on any atom is 0.225 e. The van der Waals surface area contributed by atoms with Crippen LogP contribution in [0.3, 0.4) is 0 Å². The smallest absolute Gasteiger partial charge is 0.225 e. The van der Waals surface area contributed by atoms with Crippen LogP contribution in [-0.2, 0) is 0 Å². The van der Waals surface area contributed by atoms with E-state index in [1.54, 1.807) is 11.3 Å². The Morgan fingerprint density at radius 3 is 2.95 bits per heavy atom. The molecule has 0 radical (unpaired) electrons. The molecule has 2 aliphatic rings. The quantitative estimate of drug-likeness (QED) is 0.913. The number of aromatic nitrogens is 2. The molecule has 5 heteroatoms. The third-order valence-electron chi connectivity index (χ3n) is 5.04. The zero-order chi connectivity index (χ0) is 14.2. The normalized spacial score (nSPS) is 25.9. The van der Waals surface area contributed by atoms with Crippen LogP contribution in [0.2, 0.25) is 0 Å². The second-order valence-corrected chi connectivity index (χ2v) is 7.10. The van der Waals surface area contributed by atoms with Crippen LogP contribution < -0.4 is 10.2 Å². The van der Waals surface area contributed by atoms with Crippen molar-refractivity contribution >= 4 is 33.3 Å². The first-order valence-electron chi connectivity index (χ1n) is 8.06. The summed E-state index contributed by atoms with van der Waals surface area (Å²) in [5.74, 6) is 2.77. The SMILES string of the molecule is CNc1nc(N2CCC[C@H]3CCCC[C@H]32)c2ccsc2n1. The highest BCUT2D eigenvalue weighted by molar-refractivity contribution is 7.16. The van der Waals surface area contributed by atoms with E-state index in [0.29, 0.717) is 6.04 Å². The second kappa shape index (κ2) is 5.44. The van der Waals surface area contributed by atoms with E-state index in [1.165, 1.54) is 43.9 Å². The van der Waals surface area contributed by atoms with E-state index in [-0.39, 0.29) is 0 Å². The molecule has 1 aliphatic heterocycles. The maximum atomic E-state index is 4.82. The van der Waals surface area contributed by atoms with E-state index in [0.717, 1.165) is 29.1 Å². The van der Waals surface area contributed by atoms with Gasteiger partial charge >= 0.3 is 0 Å². The molecule has 21 heavy (non-hydrogen) atoms. The third kappa shape index (κ3) is 2.27. The summed E-state index contributed by atoms with van der Waals surface area (Å²) in [6.45, 7) is 1.15. The molecular weight excluding hydrogens is 280 g/mol. The lowest BCUT2D eigenvalue weighted by atomic mass is 9.78. The van der Waals surface area contributed by atoms with E-state index in [9.17, 15) is 0 Å². The molecule has 0 spiro atoms. The van der Waals surface area contributed by atoms with Gasteiger partial charge in [-0.05, 0) is 43.0 Å². The topological polar surface area (TPSA) is 41.1 Å². The van der Waals surface area contributed by atoms with Crippen LogP contribution in [0.1, 0.15) is 38.5 Å². The molecule has 1 saturated heterocycles. The Labute approximate surface area is 129 Å². The Balaban J connectivity index is 1.78. The zero-order valence-electron chi connectivity index (χ0n) is 12.5. The molecule has 0 amide bonds. The Hall–Kier alpha value is -1.36. The molecule has 4 rings (SSSR count). The molecule has 1 saturated carbocycles. The number of hydrogen-bond donors (Lipinski definition) is 1. The average molecular weight is 302 g/mol. The van der Waals surface area contributed by atoms with Crippen molar-refractivity contribution in [2.45, 2.75) is 44.6 Å². The van der Waals surface area contributed by atoms with E-state index in [2.05, 4.69) is 26.6 Å². The third-order valence-corrected chi connectivity index (χ3v) is 5.85. The largest absolute Gasteiger partial charge is 0.357 e. The average Bonchev–Trinajstić information content (AvgIpc) is 3.02. The molecule has 0 bridgehead atoms. The lowest BCUT2D eigenvalue weighted by Gasteiger charge is -2.45. The first kappa shape index (κ1) is 13.3. The molecule has 0 aromatic carbocycles. The maximum absolute atomic E-state index is 4.82. The molecule has 3 heterocycles. The highest BCUT2D eigenvalue weighted by Gasteiger charge is 2.34. The number of anilines is 2. The van der Waals surface area contributed by atoms with Gasteiger partial charge in [-0.3, -0.25) is 0 Å². The zero-order valence-corrected chi connectivity index (χ0v) is 13.3. The lowest BCUT2D eigenvalue weighted by Crippen LogP contribution is -2.47. The summed E-state index contributed by atoms with van der Waals surface area (Å²) in [4.78, 5) is 13.1. The molecule has 2 fully saturated rings. The standard InChI is InChI=1S/C16H22N4S/c1-17-16-18-14(12-8-10-21-15(12)19-16)20-9-4-6-11-5-2-3-7-13(11)20/h8,10-11,13H,2-7,9H2,1H3,(H,17,18,19)/t11-,13-/m1/s1. The van der Waals surface area contributed by atoms with Gasteiger partial charge in [0, 0.05) is 19.6 Å². The summed E-state index contributed by atoms with van der Waals surface area (Å²) in [5.41, 5.74) is 0. The van der Waals surface area contributed by atoms with Crippen molar-refractivity contribution in [3.63, 3.8) is 0 Å². The van der Waals surface area contributed by atoms with Gasteiger partial charge in [0.25, 0.3) is 0 Å². The van der Waals surface area contributed by atoms with Gasteiger partial charge in [0.05, 0.1) is 5.39 Å². The van der Waals surface area contributed by atoms with E-state index >= 15 is 0 Å². The predicted molar refractivity (Wildman–Crippen MR) is 89.3 cm³/mol. The fourth-order valence-electron chi connectivity index (χ4n) is 4.06. The van der Waals surface area contributed by atoms with Gasteiger partial charge in [-0.25, -0.2) is 4.98 Å². The molecule has 1 N–H and O–H groups in total. The summed E-state index contributed by atoms with van der Waals surface area (Å²) < 4.78 is 0. The van der Waals surface area contributed by atoms with Gasteiger partial charge in [0.2, 0.25) is 5.95 Å². The highest BCUT2D eigenvalue weighted by Crippen LogP contribution is 2.40. The Morgan fingerprint density at radius 2 is 2.05 bits per heavy atom. The molecule has 112 valence electrons. The van der Waals surface area contributed by atoms with Crippen LogP contribution in [0.4, 0.5) is 11.8 Å². The molecule has 2 aromatic heterocycles. The number of rotatable bonds is 2. The molecular formula is C16H22N4S.